The summed E-state index contributed by atoms with van der Waals surface area (Å²) in [7, 11) is -4.12. The van der Waals surface area contributed by atoms with Gasteiger partial charge in [-0.25, -0.2) is 13.2 Å². The van der Waals surface area contributed by atoms with Crippen molar-refractivity contribution in [2.75, 3.05) is 17.9 Å². The van der Waals surface area contributed by atoms with Gasteiger partial charge in [-0.2, -0.15) is 0 Å². The van der Waals surface area contributed by atoms with Gasteiger partial charge in [-0.3, -0.25) is 4.72 Å². The number of aromatic carboxylic acids is 1. The van der Waals surface area contributed by atoms with E-state index >= 15 is 0 Å². The largest absolute Gasteiger partial charge is 0.486 e. The van der Waals surface area contributed by atoms with Gasteiger partial charge in [-0.15, -0.1) is 0 Å². The molecule has 1 aliphatic heterocycles. The molecule has 7 nitrogen and oxygen atoms in total. The van der Waals surface area contributed by atoms with Crippen molar-refractivity contribution in [2.45, 2.75) is 4.90 Å². The Morgan fingerprint density at radius 3 is 2.12 bits per heavy atom. The van der Waals surface area contributed by atoms with E-state index in [0.717, 1.165) is 0 Å². The van der Waals surface area contributed by atoms with Gasteiger partial charge in [0, 0.05) is 22.2 Å². The van der Waals surface area contributed by atoms with Crippen LogP contribution in [0.2, 0.25) is 10.0 Å². The molecule has 0 amide bonds. The van der Waals surface area contributed by atoms with Gasteiger partial charge in [0.2, 0.25) is 0 Å². The molecule has 0 bridgehead atoms. The van der Waals surface area contributed by atoms with E-state index in [1.54, 1.807) is 0 Å². The molecule has 0 aromatic heterocycles. The molecule has 1 heterocycles. The van der Waals surface area contributed by atoms with Crippen LogP contribution in [-0.2, 0) is 10.0 Å². The fourth-order valence-corrected chi connectivity index (χ4v) is 4.03. The average molecular weight is 404 g/mol. The number of hydrogen-bond donors (Lipinski definition) is 2. The molecule has 0 radical (unpaired) electrons. The molecule has 1 aliphatic rings. The SMILES string of the molecule is O=C(O)c1cc2c(cc1NS(=O)(=O)c1cc(Cl)cc(Cl)c1)OCCO2. The fourth-order valence-electron chi connectivity index (χ4n) is 2.24. The average Bonchev–Trinajstić information content (AvgIpc) is 2.52. The van der Waals surface area contributed by atoms with Crippen LogP contribution in [0.25, 0.3) is 0 Å². The highest BCUT2D eigenvalue weighted by atomic mass is 35.5. The minimum atomic E-state index is -4.12. The summed E-state index contributed by atoms with van der Waals surface area (Å²) >= 11 is 11.7. The third-order valence-corrected chi connectivity index (χ3v) is 5.08. The first-order chi connectivity index (χ1) is 11.8. The molecule has 0 saturated carbocycles. The molecule has 25 heavy (non-hydrogen) atoms. The summed E-state index contributed by atoms with van der Waals surface area (Å²) in [6.45, 7) is 0.549. The number of benzene rings is 2. The number of anilines is 1. The van der Waals surface area contributed by atoms with Gasteiger partial charge in [0.1, 0.15) is 13.2 Å². The smallest absolute Gasteiger partial charge is 0.337 e. The molecule has 0 spiro atoms. The first-order valence-corrected chi connectivity index (χ1v) is 9.16. The zero-order chi connectivity index (χ0) is 18.2. The molecule has 2 aromatic carbocycles. The van der Waals surface area contributed by atoms with Crippen molar-refractivity contribution in [3.63, 3.8) is 0 Å². The minimum Gasteiger partial charge on any atom is -0.486 e. The van der Waals surface area contributed by atoms with Gasteiger partial charge in [0.05, 0.1) is 16.1 Å². The van der Waals surface area contributed by atoms with Crippen molar-refractivity contribution in [2.24, 2.45) is 0 Å². The molecule has 0 unspecified atom stereocenters. The van der Waals surface area contributed by atoms with Crippen molar-refractivity contribution in [1.82, 2.24) is 0 Å². The lowest BCUT2D eigenvalue weighted by atomic mass is 10.1. The van der Waals surface area contributed by atoms with Gasteiger partial charge in [-0.1, -0.05) is 23.2 Å². The van der Waals surface area contributed by atoms with Gasteiger partial charge in [-0.05, 0) is 18.2 Å². The number of sulfonamides is 1. The minimum absolute atomic E-state index is 0.133. The fraction of sp³-hybridized carbons (Fsp3) is 0.133. The van der Waals surface area contributed by atoms with E-state index < -0.39 is 16.0 Å². The highest BCUT2D eigenvalue weighted by Gasteiger charge is 2.24. The second-order valence-corrected chi connectivity index (χ2v) is 7.61. The summed E-state index contributed by atoms with van der Waals surface area (Å²) in [5, 5.41) is 9.62. The number of hydrogen-bond acceptors (Lipinski definition) is 5. The van der Waals surface area contributed by atoms with E-state index in [1.807, 2.05) is 0 Å². The highest BCUT2D eigenvalue weighted by molar-refractivity contribution is 7.92. The summed E-state index contributed by atoms with van der Waals surface area (Å²) in [6.07, 6.45) is 0. The van der Waals surface area contributed by atoms with Crippen LogP contribution < -0.4 is 14.2 Å². The lowest BCUT2D eigenvalue weighted by Gasteiger charge is -2.20. The molecular formula is C15H11Cl2NO6S. The predicted molar refractivity (Wildman–Crippen MR) is 91.7 cm³/mol. The number of carboxylic acid groups (broad SMARTS) is 1. The molecular weight excluding hydrogens is 393 g/mol. The molecule has 0 fully saturated rings. The number of rotatable bonds is 4. The van der Waals surface area contributed by atoms with Crippen LogP contribution >= 0.6 is 23.2 Å². The first-order valence-electron chi connectivity index (χ1n) is 6.92. The Kier molecular flexibility index (Phi) is 4.68. The maximum Gasteiger partial charge on any atom is 0.337 e. The van der Waals surface area contributed by atoms with Crippen molar-refractivity contribution in [3.8, 4) is 11.5 Å². The maximum atomic E-state index is 12.6. The standard InChI is InChI=1S/C15H11Cl2NO6S/c16-8-3-9(17)5-10(4-8)25(21,22)18-12-7-14-13(23-1-2-24-14)6-11(12)15(19)20/h3-7,18H,1-2H2,(H,19,20). The van der Waals surface area contributed by atoms with E-state index in [1.165, 1.54) is 30.3 Å². The Morgan fingerprint density at radius 2 is 1.56 bits per heavy atom. The van der Waals surface area contributed by atoms with Gasteiger partial charge in [0.15, 0.2) is 11.5 Å². The van der Waals surface area contributed by atoms with E-state index in [0.29, 0.717) is 0 Å². The quantitative estimate of drug-likeness (QED) is 0.811. The first kappa shape index (κ1) is 17.7. The third kappa shape index (κ3) is 3.76. The number of halogens is 2. The number of carboxylic acids is 1. The predicted octanol–water partition coefficient (Wildman–Crippen LogP) is 3.26. The molecule has 0 aliphatic carbocycles. The van der Waals surface area contributed by atoms with Crippen LogP contribution in [0.1, 0.15) is 10.4 Å². The Bertz CT molecular complexity index is 940. The molecule has 0 saturated heterocycles. The second kappa shape index (κ2) is 6.62. The molecule has 10 heteroatoms. The molecule has 3 rings (SSSR count). The number of carbonyl (C=O) groups is 1. The van der Waals surface area contributed by atoms with Crippen molar-refractivity contribution < 1.29 is 27.8 Å². The number of nitrogens with one attached hydrogen (secondary N) is 1. The monoisotopic (exact) mass is 403 g/mol. The topological polar surface area (TPSA) is 102 Å². The Balaban J connectivity index is 2.05. The highest BCUT2D eigenvalue weighted by Crippen LogP contribution is 2.36. The zero-order valence-corrected chi connectivity index (χ0v) is 14.8. The van der Waals surface area contributed by atoms with Crippen LogP contribution in [0.4, 0.5) is 5.69 Å². The number of ether oxygens (including phenoxy) is 2. The zero-order valence-electron chi connectivity index (χ0n) is 12.5. The summed E-state index contributed by atoms with van der Waals surface area (Å²) in [5.41, 5.74) is -0.436. The Labute approximate surface area is 153 Å². The van der Waals surface area contributed by atoms with Crippen molar-refractivity contribution in [1.29, 1.82) is 0 Å². The summed E-state index contributed by atoms with van der Waals surface area (Å²) in [5.74, 6) is -0.839. The van der Waals surface area contributed by atoms with Crippen molar-refractivity contribution >= 4 is 44.9 Å². The molecule has 0 atom stereocenters. The van der Waals surface area contributed by atoms with Gasteiger partial charge in [0.25, 0.3) is 10.0 Å². The Morgan fingerprint density at radius 1 is 1.00 bits per heavy atom. The molecule has 132 valence electrons. The van der Waals surface area contributed by atoms with E-state index in [4.69, 9.17) is 32.7 Å². The lowest BCUT2D eigenvalue weighted by molar-refractivity contribution is 0.0697. The van der Waals surface area contributed by atoms with Crippen LogP contribution in [0, 0.1) is 0 Å². The summed E-state index contributed by atoms with van der Waals surface area (Å²) in [6, 6.07) is 6.26. The van der Waals surface area contributed by atoms with Crippen LogP contribution in [0.3, 0.4) is 0 Å². The van der Waals surface area contributed by atoms with Crippen molar-refractivity contribution in [3.05, 3.63) is 45.9 Å². The van der Waals surface area contributed by atoms with E-state index in [9.17, 15) is 18.3 Å². The summed E-state index contributed by atoms with van der Waals surface area (Å²) < 4.78 is 38.0. The summed E-state index contributed by atoms with van der Waals surface area (Å²) in [4.78, 5) is 11.3. The van der Waals surface area contributed by atoms with E-state index in [-0.39, 0.29) is 50.9 Å². The van der Waals surface area contributed by atoms with Crippen LogP contribution in [0.5, 0.6) is 11.5 Å². The Hall–Kier alpha value is -2.16. The normalized spacial score (nSPS) is 13.4. The van der Waals surface area contributed by atoms with Crippen LogP contribution in [-0.4, -0.2) is 32.7 Å². The van der Waals surface area contributed by atoms with E-state index in [2.05, 4.69) is 4.72 Å². The molecule has 2 N–H and O–H groups in total. The van der Waals surface area contributed by atoms with Gasteiger partial charge < -0.3 is 14.6 Å². The maximum absolute atomic E-state index is 12.6. The van der Waals surface area contributed by atoms with Crippen LogP contribution in [0.15, 0.2) is 35.2 Å². The third-order valence-electron chi connectivity index (χ3n) is 3.30. The van der Waals surface area contributed by atoms with Gasteiger partial charge >= 0.3 is 5.97 Å². The lowest BCUT2D eigenvalue weighted by Crippen LogP contribution is -2.19. The second-order valence-electron chi connectivity index (χ2n) is 5.06. The molecule has 2 aromatic rings. The number of fused-ring (bicyclic) bond motifs is 1.